The van der Waals surface area contributed by atoms with Crippen molar-refractivity contribution < 1.29 is 9.32 Å². The van der Waals surface area contributed by atoms with E-state index in [0.29, 0.717) is 11.7 Å². The normalized spacial score (nSPS) is 15.3. The predicted molar refractivity (Wildman–Crippen MR) is 115 cm³/mol. The fourth-order valence-corrected chi connectivity index (χ4v) is 3.76. The van der Waals surface area contributed by atoms with Gasteiger partial charge < -0.3 is 9.84 Å². The summed E-state index contributed by atoms with van der Waals surface area (Å²) in [7, 11) is 0. The summed E-state index contributed by atoms with van der Waals surface area (Å²) in [5.74, 6) is 1.08. The molecule has 4 rings (SSSR count). The van der Waals surface area contributed by atoms with Crippen molar-refractivity contribution in [1.29, 1.82) is 0 Å². The maximum absolute atomic E-state index is 12.6. The van der Waals surface area contributed by atoms with Gasteiger partial charge in [-0.15, -0.1) is 0 Å². The molecule has 1 aliphatic rings. The number of amides is 1. The smallest absolute Gasteiger partial charge is 0.246 e. The number of nitrogens with one attached hydrogen (secondary N) is 1. The number of hydrogen-bond acceptors (Lipinski definition) is 5. The molecule has 0 unspecified atom stereocenters. The van der Waals surface area contributed by atoms with Crippen LogP contribution in [0.5, 0.6) is 0 Å². The lowest BCUT2D eigenvalue weighted by molar-refractivity contribution is -0.126. The van der Waals surface area contributed by atoms with Crippen LogP contribution in [0, 0.1) is 19.8 Å². The molecular formula is C24H28N4O2. The summed E-state index contributed by atoms with van der Waals surface area (Å²) in [6.45, 7) is 7.22. The Morgan fingerprint density at radius 1 is 1.03 bits per heavy atom. The minimum Gasteiger partial charge on any atom is -0.347 e. The van der Waals surface area contributed by atoms with Gasteiger partial charge in [0.2, 0.25) is 17.6 Å². The van der Waals surface area contributed by atoms with Gasteiger partial charge in [0.05, 0.1) is 6.54 Å². The van der Waals surface area contributed by atoms with Crippen LogP contribution in [0.2, 0.25) is 0 Å². The quantitative estimate of drug-likeness (QED) is 0.675. The highest BCUT2D eigenvalue weighted by Crippen LogP contribution is 2.20. The number of carbonyl (C=O) groups is 1. The molecule has 1 aromatic heterocycles. The van der Waals surface area contributed by atoms with Gasteiger partial charge in [0.25, 0.3) is 0 Å². The standard InChI is InChI=1S/C24H28N4O2/c1-17-3-7-19(8-4-17)16-28-13-11-21(12-14-28)24(29)25-15-22-26-23(27-30-22)20-9-5-18(2)6-10-20/h3-10,21H,11-16H2,1-2H3,(H,25,29). The number of aryl methyl sites for hydroxylation is 2. The summed E-state index contributed by atoms with van der Waals surface area (Å²) >= 11 is 0. The molecule has 1 fully saturated rings. The Bertz CT molecular complexity index is 971. The molecule has 156 valence electrons. The van der Waals surface area contributed by atoms with Crippen LogP contribution in [0.15, 0.2) is 53.1 Å². The van der Waals surface area contributed by atoms with Crippen LogP contribution in [0.4, 0.5) is 0 Å². The molecule has 2 aromatic carbocycles. The second-order valence-corrected chi connectivity index (χ2v) is 8.13. The van der Waals surface area contributed by atoms with Crippen LogP contribution in [-0.2, 0) is 17.9 Å². The van der Waals surface area contributed by atoms with Crippen LogP contribution in [-0.4, -0.2) is 34.0 Å². The van der Waals surface area contributed by atoms with E-state index in [1.54, 1.807) is 0 Å². The van der Waals surface area contributed by atoms with Crippen molar-refractivity contribution in [3.8, 4) is 11.4 Å². The minimum absolute atomic E-state index is 0.0405. The fourth-order valence-electron chi connectivity index (χ4n) is 3.76. The van der Waals surface area contributed by atoms with Crippen LogP contribution >= 0.6 is 0 Å². The van der Waals surface area contributed by atoms with E-state index in [1.807, 2.05) is 31.2 Å². The average Bonchev–Trinajstić information content (AvgIpc) is 3.24. The molecule has 30 heavy (non-hydrogen) atoms. The van der Waals surface area contributed by atoms with Crippen molar-refractivity contribution >= 4 is 5.91 Å². The predicted octanol–water partition coefficient (Wildman–Crippen LogP) is 3.88. The number of aromatic nitrogens is 2. The van der Waals surface area contributed by atoms with E-state index in [0.717, 1.165) is 38.0 Å². The highest BCUT2D eigenvalue weighted by molar-refractivity contribution is 5.78. The van der Waals surface area contributed by atoms with Gasteiger partial charge in [0.1, 0.15) is 0 Å². The number of nitrogens with zero attached hydrogens (tertiary/aromatic N) is 3. The van der Waals surface area contributed by atoms with Crippen molar-refractivity contribution in [2.45, 2.75) is 39.8 Å². The summed E-state index contributed by atoms with van der Waals surface area (Å²) in [6, 6.07) is 16.6. The van der Waals surface area contributed by atoms with Gasteiger partial charge in [0.15, 0.2) is 0 Å². The summed E-state index contributed by atoms with van der Waals surface area (Å²) in [5.41, 5.74) is 4.69. The van der Waals surface area contributed by atoms with Crippen molar-refractivity contribution in [3.63, 3.8) is 0 Å². The Hall–Kier alpha value is -2.99. The van der Waals surface area contributed by atoms with Gasteiger partial charge >= 0.3 is 0 Å². The molecule has 0 aliphatic carbocycles. The van der Waals surface area contributed by atoms with Crippen LogP contribution in [0.3, 0.4) is 0 Å². The monoisotopic (exact) mass is 404 g/mol. The Balaban J connectivity index is 1.23. The molecular weight excluding hydrogens is 376 g/mol. The number of carbonyl (C=O) groups excluding carboxylic acids is 1. The largest absolute Gasteiger partial charge is 0.347 e. The Kier molecular flexibility index (Phi) is 6.23. The Labute approximate surface area is 177 Å². The van der Waals surface area contributed by atoms with E-state index in [-0.39, 0.29) is 18.4 Å². The average molecular weight is 405 g/mol. The molecule has 2 heterocycles. The van der Waals surface area contributed by atoms with E-state index in [2.05, 4.69) is 51.5 Å². The van der Waals surface area contributed by atoms with E-state index < -0.39 is 0 Å². The second kappa shape index (κ2) is 9.22. The molecule has 0 saturated carbocycles. The third-order valence-electron chi connectivity index (χ3n) is 5.68. The molecule has 0 atom stereocenters. The Morgan fingerprint density at radius 2 is 1.67 bits per heavy atom. The summed E-state index contributed by atoms with van der Waals surface area (Å²) in [5, 5.41) is 6.98. The Morgan fingerprint density at radius 3 is 2.33 bits per heavy atom. The zero-order chi connectivity index (χ0) is 20.9. The zero-order valence-corrected chi connectivity index (χ0v) is 17.6. The van der Waals surface area contributed by atoms with Gasteiger partial charge in [-0.2, -0.15) is 4.98 Å². The fraction of sp³-hybridized carbons (Fsp3) is 0.375. The van der Waals surface area contributed by atoms with Crippen molar-refractivity contribution in [1.82, 2.24) is 20.4 Å². The first-order chi connectivity index (χ1) is 14.6. The van der Waals surface area contributed by atoms with E-state index in [4.69, 9.17) is 4.52 Å². The highest BCUT2D eigenvalue weighted by atomic mass is 16.5. The molecule has 3 aromatic rings. The molecule has 1 saturated heterocycles. The molecule has 6 heteroatoms. The SMILES string of the molecule is Cc1ccc(CN2CCC(C(=O)NCc3nc(-c4ccc(C)cc4)no3)CC2)cc1. The van der Waals surface area contributed by atoms with Gasteiger partial charge in [-0.1, -0.05) is 64.8 Å². The lowest BCUT2D eigenvalue weighted by Gasteiger charge is -2.31. The molecule has 1 aliphatic heterocycles. The second-order valence-electron chi connectivity index (χ2n) is 8.13. The highest BCUT2D eigenvalue weighted by Gasteiger charge is 2.25. The molecule has 1 N–H and O–H groups in total. The molecule has 0 spiro atoms. The van der Waals surface area contributed by atoms with E-state index in [1.165, 1.54) is 16.7 Å². The van der Waals surface area contributed by atoms with Crippen LogP contribution in [0.1, 0.15) is 35.4 Å². The molecule has 0 bridgehead atoms. The first kappa shape index (κ1) is 20.3. The van der Waals surface area contributed by atoms with Crippen LogP contribution < -0.4 is 5.32 Å². The third-order valence-corrected chi connectivity index (χ3v) is 5.68. The topological polar surface area (TPSA) is 71.3 Å². The first-order valence-corrected chi connectivity index (χ1v) is 10.5. The lowest BCUT2D eigenvalue weighted by Crippen LogP contribution is -2.40. The van der Waals surface area contributed by atoms with Gasteiger partial charge in [-0.3, -0.25) is 9.69 Å². The van der Waals surface area contributed by atoms with E-state index >= 15 is 0 Å². The van der Waals surface area contributed by atoms with Crippen LogP contribution in [0.25, 0.3) is 11.4 Å². The van der Waals surface area contributed by atoms with E-state index in [9.17, 15) is 4.79 Å². The van der Waals surface area contributed by atoms with Gasteiger partial charge in [-0.05, 0) is 45.3 Å². The number of rotatable bonds is 6. The summed E-state index contributed by atoms with van der Waals surface area (Å²) < 4.78 is 5.29. The number of benzene rings is 2. The molecule has 0 radical (unpaired) electrons. The molecule has 1 amide bonds. The maximum atomic E-state index is 12.6. The zero-order valence-electron chi connectivity index (χ0n) is 17.6. The number of likely N-dealkylation sites (tertiary alicyclic amines) is 1. The van der Waals surface area contributed by atoms with Crippen molar-refractivity contribution in [2.24, 2.45) is 5.92 Å². The molecule has 6 nitrogen and oxygen atoms in total. The number of hydrogen-bond donors (Lipinski definition) is 1. The third kappa shape index (κ3) is 5.13. The number of piperidine rings is 1. The van der Waals surface area contributed by atoms with Gasteiger partial charge in [0, 0.05) is 18.0 Å². The minimum atomic E-state index is 0.0405. The maximum Gasteiger partial charge on any atom is 0.246 e. The summed E-state index contributed by atoms with van der Waals surface area (Å²) in [4.78, 5) is 19.4. The van der Waals surface area contributed by atoms with Crippen molar-refractivity contribution in [3.05, 3.63) is 71.1 Å². The van der Waals surface area contributed by atoms with Gasteiger partial charge in [-0.25, -0.2) is 0 Å². The first-order valence-electron chi connectivity index (χ1n) is 10.5. The lowest BCUT2D eigenvalue weighted by atomic mass is 9.95. The van der Waals surface area contributed by atoms with Crippen molar-refractivity contribution in [2.75, 3.05) is 13.1 Å². The summed E-state index contributed by atoms with van der Waals surface area (Å²) in [6.07, 6.45) is 1.74.